The van der Waals surface area contributed by atoms with Crippen molar-refractivity contribution in [2.45, 2.75) is 34.6 Å². The van der Waals surface area contributed by atoms with Crippen molar-refractivity contribution in [1.29, 1.82) is 0 Å². The molecule has 0 fully saturated rings. The second-order valence-corrected chi connectivity index (χ2v) is 6.24. The van der Waals surface area contributed by atoms with E-state index in [0.29, 0.717) is 39.9 Å². The lowest BCUT2D eigenvalue weighted by Crippen LogP contribution is -2.15. The van der Waals surface area contributed by atoms with Gasteiger partial charge in [0, 0.05) is 23.0 Å². The first-order valence-corrected chi connectivity index (χ1v) is 8.18. The van der Waals surface area contributed by atoms with E-state index in [1.807, 2.05) is 18.4 Å². The molecule has 0 spiro atoms. The van der Waals surface area contributed by atoms with Crippen LogP contribution in [-0.4, -0.2) is 28.1 Å². The number of nitrogens with zero attached hydrogens (tertiary/aromatic N) is 2. The van der Waals surface area contributed by atoms with Gasteiger partial charge in [0.1, 0.15) is 22.8 Å². The molecule has 3 rings (SSSR count). The molecule has 3 aromatic rings. The molecule has 0 aliphatic heterocycles. The van der Waals surface area contributed by atoms with Gasteiger partial charge in [0.25, 0.3) is 0 Å². The summed E-state index contributed by atoms with van der Waals surface area (Å²) in [5, 5.41) is 3.99. The summed E-state index contributed by atoms with van der Waals surface area (Å²) in [4.78, 5) is 24.7. The van der Waals surface area contributed by atoms with Crippen LogP contribution in [0.15, 0.2) is 27.1 Å². The molecular formula is C19H20N2O5. The van der Waals surface area contributed by atoms with Crippen molar-refractivity contribution < 1.29 is 23.3 Å². The summed E-state index contributed by atoms with van der Waals surface area (Å²) in [6.07, 6.45) is 0. The Hall–Kier alpha value is -3.09. The Morgan fingerprint density at radius 2 is 1.77 bits per heavy atom. The number of Topliss-reactive ketones (excluding diaryl/α,β-unsaturated/α-hetero) is 1. The predicted octanol–water partition coefficient (Wildman–Crippen LogP) is 3.64. The van der Waals surface area contributed by atoms with Crippen LogP contribution >= 0.6 is 0 Å². The van der Waals surface area contributed by atoms with Gasteiger partial charge in [-0.05, 0) is 46.8 Å². The molecule has 3 aromatic heterocycles. The van der Waals surface area contributed by atoms with E-state index in [1.165, 1.54) is 0 Å². The van der Waals surface area contributed by atoms with Gasteiger partial charge in [0.05, 0.1) is 0 Å². The average Bonchev–Trinajstić information content (AvgIpc) is 3.22. The quantitative estimate of drug-likeness (QED) is 0.512. The second kappa shape index (κ2) is 6.67. The van der Waals surface area contributed by atoms with Crippen LogP contribution in [0.5, 0.6) is 0 Å². The highest BCUT2D eigenvalue weighted by molar-refractivity contribution is 6.00. The molecule has 3 heterocycles. The van der Waals surface area contributed by atoms with E-state index in [9.17, 15) is 9.59 Å². The first kappa shape index (κ1) is 17.7. The highest BCUT2D eigenvalue weighted by atomic mass is 16.5. The number of aryl methyl sites for hydroxylation is 4. The molecule has 0 saturated heterocycles. The Labute approximate surface area is 150 Å². The standard InChI is InChI=1S/C19H20N2O5/c1-10-6-15(13(4)21(10)18-8-12(3)26-20-18)17(22)9-24-19(23)16-7-11(2)25-14(16)5/h6-8H,9H2,1-5H3. The Morgan fingerprint density at radius 3 is 2.35 bits per heavy atom. The molecule has 0 aliphatic carbocycles. The fraction of sp³-hybridized carbons (Fsp3) is 0.316. The number of carbonyl (C=O) groups is 2. The lowest BCUT2D eigenvalue weighted by molar-refractivity contribution is 0.0472. The zero-order valence-corrected chi connectivity index (χ0v) is 15.4. The molecular weight excluding hydrogens is 336 g/mol. The van der Waals surface area contributed by atoms with Gasteiger partial charge in [-0.15, -0.1) is 0 Å². The van der Waals surface area contributed by atoms with Gasteiger partial charge in [0.15, 0.2) is 12.4 Å². The van der Waals surface area contributed by atoms with Crippen LogP contribution in [0, 0.1) is 34.6 Å². The van der Waals surface area contributed by atoms with Gasteiger partial charge in [-0.25, -0.2) is 4.79 Å². The number of furan rings is 1. The molecule has 0 bridgehead atoms. The minimum Gasteiger partial charge on any atom is -0.466 e. The third-order valence-corrected chi connectivity index (χ3v) is 4.17. The Bertz CT molecular complexity index is 990. The van der Waals surface area contributed by atoms with E-state index >= 15 is 0 Å². The summed E-state index contributed by atoms with van der Waals surface area (Å²) < 4.78 is 17.4. The van der Waals surface area contributed by atoms with Crippen LogP contribution in [0.2, 0.25) is 0 Å². The molecule has 0 atom stereocenters. The van der Waals surface area contributed by atoms with Crippen LogP contribution in [0.3, 0.4) is 0 Å². The van der Waals surface area contributed by atoms with Crippen LogP contribution in [-0.2, 0) is 4.74 Å². The van der Waals surface area contributed by atoms with Gasteiger partial charge < -0.3 is 13.7 Å². The number of hydrogen-bond donors (Lipinski definition) is 0. The summed E-state index contributed by atoms with van der Waals surface area (Å²) >= 11 is 0. The minimum absolute atomic E-state index is 0.282. The molecule has 26 heavy (non-hydrogen) atoms. The molecule has 0 radical (unpaired) electrons. The number of aromatic nitrogens is 2. The third-order valence-electron chi connectivity index (χ3n) is 4.17. The summed E-state index contributed by atoms with van der Waals surface area (Å²) in [7, 11) is 0. The fourth-order valence-corrected chi connectivity index (χ4v) is 2.98. The van der Waals surface area contributed by atoms with Crippen molar-refractivity contribution in [2.24, 2.45) is 0 Å². The molecule has 7 heteroatoms. The van der Waals surface area contributed by atoms with Crippen LogP contribution in [0.25, 0.3) is 5.82 Å². The smallest absolute Gasteiger partial charge is 0.342 e. The summed E-state index contributed by atoms with van der Waals surface area (Å²) in [6, 6.07) is 5.14. The van der Waals surface area contributed by atoms with Crippen molar-refractivity contribution in [3.05, 3.63) is 58.0 Å². The number of rotatable bonds is 5. The van der Waals surface area contributed by atoms with Crippen LogP contribution in [0.1, 0.15) is 49.4 Å². The highest BCUT2D eigenvalue weighted by Gasteiger charge is 2.21. The Kier molecular flexibility index (Phi) is 4.54. The van der Waals surface area contributed by atoms with Crippen molar-refractivity contribution in [3.8, 4) is 5.82 Å². The molecule has 0 saturated carbocycles. The number of ether oxygens (including phenoxy) is 1. The number of ketones is 1. The summed E-state index contributed by atoms with van der Waals surface area (Å²) in [5.74, 6) is 1.52. The first-order valence-electron chi connectivity index (χ1n) is 8.18. The molecule has 0 aliphatic rings. The van der Waals surface area contributed by atoms with Crippen LogP contribution < -0.4 is 0 Å². The highest BCUT2D eigenvalue weighted by Crippen LogP contribution is 2.21. The van der Waals surface area contributed by atoms with Gasteiger partial charge in [-0.1, -0.05) is 5.16 Å². The minimum atomic E-state index is -0.575. The maximum atomic E-state index is 12.5. The van der Waals surface area contributed by atoms with Crippen molar-refractivity contribution in [1.82, 2.24) is 9.72 Å². The van der Waals surface area contributed by atoms with E-state index < -0.39 is 5.97 Å². The van der Waals surface area contributed by atoms with Gasteiger partial charge in [-0.2, -0.15) is 0 Å². The summed E-state index contributed by atoms with van der Waals surface area (Å²) in [5.41, 5.74) is 2.37. The number of esters is 1. The molecule has 0 amide bonds. The van der Waals surface area contributed by atoms with E-state index in [1.54, 1.807) is 39.0 Å². The normalized spacial score (nSPS) is 11.0. The molecule has 0 aromatic carbocycles. The largest absolute Gasteiger partial charge is 0.466 e. The lowest BCUT2D eigenvalue weighted by atomic mass is 10.1. The molecule has 7 nitrogen and oxygen atoms in total. The van der Waals surface area contributed by atoms with Gasteiger partial charge >= 0.3 is 5.97 Å². The average molecular weight is 356 g/mol. The zero-order chi connectivity index (χ0) is 19.0. The predicted molar refractivity (Wildman–Crippen MR) is 92.8 cm³/mol. The number of carbonyl (C=O) groups excluding carboxylic acids is 2. The molecule has 0 unspecified atom stereocenters. The lowest BCUT2D eigenvalue weighted by Gasteiger charge is -2.06. The zero-order valence-electron chi connectivity index (χ0n) is 15.4. The molecule has 0 N–H and O–H groups in total. The van der Waals surface area contributed by atoms with Gasteiger partial charge in [0.2, 0.25) is 5.78 Å². The van der Waals surface area contributed by atoms with E-state index in [0.717, 1.165) is 5.69 Å². The number of hydrogen-bond acceptors (Lipinski definition) is 6. The van der Waals surface area contributed by atoms with Crippen molar-refractivity contribution in [3.63, 3.8) is 0 Å². The van der Waals surface area contributed by atoms with Crippen molar-refractivity contribution in [2.75, 3.05) is 6.61 Å². The maximum Gasteiger partial charge on any atom is 0.342 e. The van der Waals surface area contributed by atoms with E-state index in [-0.39, 0.29) is 12.4 Å². The topological polar surface area (TPSA) is 87.5 Å². The van der Waals surface area contributed by atoms with Crippen molar-refractivity contribution >= 4 is 11.8 Å². The molecule has 136 valence electrons. The second-order valence-electron chi connectivity index (χ2n) is 6.24. The first-order chi connectivity index (χ1) is 12.3. The van der Waals surface area contributed by atoms with Crippen LogP contribution in [0.4, 0.5) is 0 Å². The maximum absolute atomic E-state index is 12.5. The SMILES string of the molecule is Cc1cc(-n2c(C)cc(C(=O)COC(=O)c3cc(C)oc3C)c2C)no1. The monoisotopic (exact) mass is 356 g/mol. The third kappa shape index (κ3) is 3.20. The van der Waals surface area contributed by atoms with E-state index in [4.69, 9.17) is 13.7 Å². The van der Waals surface area contributed by atoms with Gasteiger partial charge in [-0.3, -0.25) is 9.36 Å². The Morgan fingerprint density at radius 1 is 1.04 bits per heavy atom. The Balaban J connectivity index is 1.76. The van der Waals surface area contributed by atoms with E-state index in [2.05, 4.69) is 5.16 Å². The summed E-state index contributed by atoms with van der Waals surface area (Å²) in [6.45, 7) is 8.57. The fourth-order valence-electron chi connectivity index (χ4n) is 2.98.